The minimum Gasteiger partial charge on any atom is -0.490 e. The lowest BCUT2D eigenvalue weighted by Gasteiger charge is -2.22. The number of nitrogen functional groups attached to an aromatic ring is 1. The molecule has 3 atom stereocenters. The lowest BCUT2D eigenvalue weighted by atomic mass is 9.97. The van der Waals surface area contributed by atoms with Gasteiger partial charge >= 0.3 is 24.1 Å². The van der Waals surface area contributed by atoms with E-state index >= 15 is 0 Å². The van der Waals surface area contributed by atoms with Gasteiger partial charge in [-0.15, -0.1) is 0 Å². The topological polar surface area (TPSA) is 309 Å². The van der Waals surface area contributed by atoms with Gasteiger partial charge in [0.15, 0.2) is 6.10 Å². The monoisotopic (exact) mass is 1020 g/mol. The number of alkyl carbamates (subject to hydrolysis) is 2. The maximum absolute atomic E-state index is 13.3. The molecule has 4 aromatic rings. The Morgan fingerprint density at radius 1 is 0.761 bits per heavy atom. The number of rotatable bonds is 21. The summed E-state index contributed by atoms with van der Waals surface area (Å²) in [5.41, 5.74) is 6.77. The van der Waals surface area contributed by atoms with Crippen LogP contribution in [0.1, 0.15) is 85.1 Å². The number of nitrogens with two attached hydrogens (primary N) is 1. The first-order valence-electron chi connectivity index (χ1n) is 22.0. The largest absolute Gasteiger partial charge is 0.490 e. The second-order valence-corrected chi connectivity index (χ2v) is 19.0. The first kappa shape index (κ1) is 56.0. The van der Waals surface area contributed by atoms with Crippen molar-refractivity contribution < 1.29 is 56.9 Å². The average molecular weight is 1020 g/mol. The molecule has 0 spiro atoms. The Bertz CT molecular complexity index is 2620. The smallest absolute Gasteiger partial charge is 0.407 e. The number of hydrogen-bond acceptors (Lipinski definition) is 18. The molecule has 0 saturated heterocycles. The lowest BCUT2D eigenvalue weighted by molar-refractivity contribution is -0.163. The van der Waals surface area contributed by atoms with Crippen LogP contribution in [-0.2, 0) is 43.9 Å². The van der Waals surface area contributed by atoms with E-state index in [0.29, 0.717) is 22.2 Å². The molecule has 4 rings (SSSR count). The van der Waals surface area contributed by atoms with Crippen molar-refractivity contribution in [2.75, 3.05) is 32.0 Å². The molecule has 0 radical (unpaired) electrons. The van der Waals surface area contributed by atoms with Gasteiger partial charge in [-0.25, -0.2) is 29.1 Å². The van der Waals surface area contributed by atoms with Gasteiger partial charge < -0.3 is 55.1 Å². The van der Waals surface area contributed by atoms with E-state index in [9.17, 15) is 39.3 Å². The van der Waals surface area contributed by atoms with Gasteiger partial charge in [0.25, 0.3) is 0 Å². The molecule has 3 unspecified atom stereocenters. The summed E-state index contributed by atoms with van der Waals surface area (Å²) < 4.78 is 32.9. The van der Waals surface area contributed by atoms with Crippen molar-refractivity contribution in [1.29, 1.82) is 10.5 Å². The van der Waals surface area contributed by atoms with Crippen LogP contribution >= 0.6 is 23.4 Å². The van der Waals surface area contributed by atoms with Crippen molar-refractivity contribution >= 4 is 65.1 Å². The Balaban J connectivity index is 1.44. The molecule has 6 N–H and O–H groups in total. The van der Waals surface area contributed by atoms with E-state index in [0.717, 1.165) is 5.56 Å². The number of halogens is 1. The van der Waals surface area contributed by atoms with Crippen LogP contribution in [0, 0.1) is 22.7 Å². The van der Waals surface area contributed by atoms with Crippen LogP contribution in [0.5, 0.6) is 5.75 Å². The molecule has 0 aliphatic carbocycles. The number of benzene rings is 2. The number of anilines is 1. The molecule has 0 fully saturated rings. The van der Waals surface area contributed by atoms with Crippen molar-refractivity contribution in [3.63, 3.8) is 0 Å². The zero-order chi connectivity index (χ0) is 52.5. The van der Waals surface area contributed by atoms with Crippen molar-refractivity contribution in [2.45, 2.75) is 108 Å². The van der Waals surface area contributed by atoms with Gasteiger partial charge in [0.2, 0.25) is 17.7 Å². The fraction of sp³-hybridized carbons (Fsp3) is 0.417. The number of aromatic nitrogens is 2. The van der Waals surface area contributed by atoms with Crippen LogP contribution in [0.3, 0.4) is 0 Å². The SMILES string of the molecule is CC(NC(=O)CCNC(=O)OC(C)(C)C)C(=O)OCC(COc1ccc(-c2c(C#N)c(N)nc(SCc3coc(-c4ccc(Cl)cc4)n3)c2C#N)cc1)OC(=O)C(C)NC(=O)CCNC(=O)OC(C)(C)C. The standard InChI is InChI=1S/C48H56ClN9O12S/c1-27(55-37(59)17-19-53-45(63)69-47(3,4)5)43(61)67-25-34(68-44(62)28(2)56-38(60)18-20-54-46(64)70-48(6,7)8)24-65-33-15-11-29(12-16-33)39-35(21-50)40(52)58-42(36(39)22-51)71-26-32-23-66-41(57-32)30-9-13-31(49)14-10-30/h9-16,23,27-28,34H,17-20,24-26H2,1-8H3,(H2,52,58)(H,53,63)(H,54,64)(H,55,59)(H,56,60). The quantitative estimate of drug-likeness (QED) is 0.0345. The number of nitriles is 2. The Labute approximate surface area is 419 Å². The molecule has 0 aliphatic rings. The maximum atomic E-state index is 13.3. The molecule has 0 aliphatic heterocycles. The summed E-state index contributed by atoms with van der Waals surface area (Å²) in [6, 6.07) is 15.0. The van der Waals surface area contributed by atoms with Crippen molar-refractivity contribution in [2.24, 2.45) is 0 Å². The van der Waals surface area contributed by atoms with Gasteiger partial charge in [0.05, 0.1) is 11.3 Å². The Morgan fingerprint density at radius 3 is 1.83 bits per heavy atom. The van der Waals surface area contributed by atoms with Crippen LogP contribution in [0.15, 0.2) is 64.2 Å². The number of ether oxygens (including phenoxy) is 5. The molecule has 378 valence electrons. The van der Waals surface area contributed by atoms with Crippen LogP contribution in [0.25, 0.3) is 22.6 Å². The number of nitrogens with one attached hydrogen (secondary N) is 4. The molecular weight excluding hydrogens is 962 g/mol. The van der Waals surface area contributed by atoms with Gasteiger partial charge in [-0.3, -0.25) is 9.59 Å². The number of thioether (sulfide) groups is 1. The Hall–Kier alpha value is -7.56. The third-order valence-corrected chi connectivity index (χ3v) is 10.5. The van der Waals surface area contributed by atoms with E-state index in [4.69, 9.17) is 45.4 Å². The van der Waals surface area contributed by atoms with Crippen LogP contribution in [-0.4, -0.2) is 102 Å². The number of nitrogens with zero attached hydrogens (tertiary/aromatic N) is 4. The number of esters is 2. The first-order chi connectivity index (χ1) is 33.4. The predicted molar refractivity (Wildman–Crippen MR) is 259 cm³/mol. The summed E-state index contributed by atoms with van der Waals surface area (Å²) in [6.07, 6.45) is -1.57. The van der Waals surface area contributed by atoms with Gasteiger partial charge in [0.1, 0.15) is 77.1 Å². The number of hydrogen-bond donors (Lipinski definition) is 5. The fourth-order valence-electron chi connectivity index (χ4n) is 5.95. The summed E-state index contributed by atoms with van der Waals surface area (Å²) in [6.45, 7) is 11.8. The summed E-state index contributed by atoms with van der Waals surface area (Å²) >= 11 is 7.18. The van der Waals surface area contributed by atoms with Crippen LogP contribution < -0.4 is 31.7 Å². The zero-order valence-electron chi connectivity index (χ0n) is 40.4. The summed E-state index contributed by atoms with van der Waals surface area (Å²) in [5.74, 6) is -2.21. The van der Waals surface area contributed by atoms with Gasteiger partial charge in [-0.05, 0) is 97.4 Å². The van der Waals surface area contributed by atoms with Crippen molar-refractivity contribution in [3.8, 4) is 40.5 Å². The second-order valence-electron chi connectivity index (χ2n) is 17.6. The van der Waals surface area contributed by atoms with Gasteiger partial charge in [-0.1, -0.05) is 35.5 Å². The highest BCUT2D eigenvalue weighted by atomic mass is 35.5. The van der Waals surface area contributed by atoms with Gasteiger partial charge in [0, 0.05) is 47.8 Å². The molecule has 0 saturated carbocycles. The average Bonchev–Trinajstić information content (AvgIpc) is 3.77. The maximum Gasteiger partial charge on any atom is 0.407 e. The highest BCUT2D eigenvalue weighted by Gasteiger charge is 2.27. The van der Waals surface area contributed by atoms with E-state index < -0.39 is 71.9 Å². The molecule has 0 bridgehead atoms. The molecule has 2 aromatic carbocycles. The van der Waals surface area contributed by atoms with Crippen LogP contribution in [0.2, 0.25) is 5.02 Å². The summed E-state index contributed by atoms with van der Waals surface area (Å²) in [4.78, 5) is 84.2. The first-order valence-corrected chi connectivity index (χ1v) is 23.4. The Morgan fingerprint density at radius 2 is 1.30 bits per heavy atom. The molecule has 71 heavy (non-hydrogen) atoms. The molecule has 2 heterocycles. The number of amides is 4. The molecule has 23 heteroatoms. The normalized spacial score (nSPS) is 12.4. The van der Waals surface area contributed by atoms with E-state index in [2.05, 4.69) is 37.3 Å². The number of carbonyl (C=O) groups is 6. The second kappa shape index (κ2) is 25.9. The van der Waals surface area contributed by atoms with E-state index in [1.165, 1.54) is 44.0 Å². The Kier molecular flexibility index (Phi) is 20.4. The van der Waals surface area contributed by atoms with E-state index in [-0.39, 0.29) is 71.6 Å². The van der Waals surface area contributed by atoms with Crippen LogP contribution in [0.4, 0.5) is 15.4 Å². The molecular formula is C48H56ClN9O12S. The highest BCUT2D eigenvalue weighted by Crippen LogP contribution is 2.37. The fourth-order valence-corrected chi connectivity index (χ4v) is 6.95. The minimum absolute atomic E-state index is 0.0248. The van der Waals surface area contributed by atoms with Gasteiger partial charge in [-0.2, -0.15) is 10.5 Å². The molecule has 2 aromatic heterocycles. The zero-order valence-corrected chi connectivity index (χ0v) is 42.0. The highest BCUT2D eigenvalue weighted by molar-refractivity contribution is 7.98. The molecule has 4 amide bonds. The third-order valence-electron chi connectivity index (χ3n) is 9.19. The predicted octanol–water partition coefficient (Wildman–Crippen LogP) is 6.35. The third kappa shape index (κ3) is 18.7. The number of carbonyl (C=O) groups excluding carboxylic acids is 6. The van der Waals surface area contributed by atoms with E-state index in [1.54, 1.807) is 77.9 Å². The summed E-state index contributed by atoms with van der Waals surface area (Å²) in [5, 5.41) is 31.2. The lowest BCUT2D eigenvalue weighted by Crippen LogP contribution is -2.45. The van der Waals surface area contributed by atoms with Crippen molar-refractivity contribution in [1.82, 2.24) is 31.2 Å². The minimum atomic E-state index is -1.26. The van der Waals surface area contributed by atoms with E-state index in [1.807, 2.05) is 6.07 Å². The number of pyridine rings is 1. The summed E-state index contributed by atoms with van der Waals surface area (Å²) in [7, 11) is 0. The molecule has 21 nitrogen and oxygen atoms in total. The number of oxazole rings is 1. The van der Waals surface area contributed by atoms with Crippen molar-refractivity contribution in [3.05, 3.63) is 76.6 Å².